The summed E-state index contributed by atoms with van der Waals surface area (Å²) in [5.41, 5.74) is 6.23. The first kappa shape index (κ1) is 14.9. The van der Waals surface area contributed by atoms with E-state index in [4.69, 9.17) is 5.73 Å². The molecule has 2 nitrogen and oxygen atoms in total. The number of nitrogens with two attached hydrogens (primary N) is 1. The van der Waals surface area contributed by atoms with Crippen LogP contribution in [0.5, 0.6) is 0 Å². The van der Waals surface area contributed by atoms with Gasteiger partial charge in [0.25, 0.3) is 0 Å². The highest BCUT2D eigenvalue weighted by Gasteiger charge is 2.15. The zero-order chi connectivity index (χ0) is 11.8. The van der Waals surface area contributed by atoms with Crippen molar-refractivity contribution in [2.45, 2.75) is 60.0 Å². The van der Waals surface area contributed by atoms with Crippen molar-refractivity contribution in [1.29, 1.82) is 0 Å². The topological polar surface area (TPSA) is 29.3 Å². The molecule has 0 aliphatic rings. The quantitative estimate of drug-likeness (QED) is 0.629. The molecule has 0 amide bonds. The van der Waals surface area contributed by atoms with Crippen molar-refractivity contribution >= 4 is 0 Å². The van der Waals surface area contributed by atoms with E-state index >= 15 is 0 Å². The van der Waals surface area contributed by atoms with Gasteiger partial charge in [0.05, 0.1) is 6.17 Å². The first-order valence-corrected chi connectivity index (χ1v) is 6.47. The molecule has 15 heavy (non-hydrogen) atoms. The van der Waals surface area contributed by atoms with E-state index in [-0.39, 0.29) is 6.17 Å². The highest BCUT2D eigenvalue weighted by atomic mass is 15.2. The lowest BCUT2D eigenvalue weighted by Gasteiger charge is -2.31. The van der Waals surface area contributed by atoms with Gasteiger partial charge in [-0.05, 0) is 18.3 Å². The van der Waals surface area contributed by atoms with Gasteiger partial charge in [0.1, 0.15) is 0 Å². The second kappa shape index (κ2) is 8.12. The fourth-order valence-corrected chi connectivity index (χ4v) is 1.88. The van der Waals surface area contributed by atoms with Gasteiger partial charge in [0, 0.05) is 13.1 Å². The van der Waals surface area contributed by atoms with Crippen LogP contribution in [0.1, 0.15) is 53.9 Å². The van der Waals surface area contributed by atoms with Crippen LogP contribution in [0.15, 0.2) is 0 Å². The Hall–Kier alpha value is -0.0800. The third-order valence-corrected chi connectivity index (χ3v) is 2.52. The summed E-state index contributed by atoms with van der Waals surface area (Å²) in [5, 5.41) is 0. The summed E-state index contributed by atoms with van der Waals surface area (Å²) < 4.78 is 0. The number of hydrogen-bond donors (Lipinski definition) is 1. The molecule has 92 valence electrons. The molecule has 0 spiro atoms. The number of unbranched alkanes of at least 4 members (excludes halogenated alkanes) is 1. The lowest BCUT2D eigenvalue weighted by atomic mass is 10.1. The lowest BCUT2D eigenvalue weighted by Crippen LogP contribution is -2.45. The summed E-state index contributed by atoms with van der Waals surface area (Å²) in [7, 11) is 0. The maximum Gasteiger partial charge on any atom is 0.0571 e. The molecule has 1 unspecified atom stereocenters. The van der Waals surface area contributed by atoms with E-state index in [9.17, 15) is 0 Å². The largest absolute Gasteiger partial charge is 0.316 e. The van der Waals surface area contributed by atoms with E-state index < -0.39 is 0 Å². The highest BCUT2D eigenvalue weighted by molar-refractivity contribution is 4.69. The van der Waals surface area contributed by atoms with E-state index in [0.717, 1.165) is 19.5 Å². The summed E-state index contributed by atoms with van der Waals surface area (Å²) >= 11 is 0. The Morgan fingerprint density at radius 2 is 1.47 bits per heavy atom. The van der Waals surface area contributed by atoms with Crippen LogP contribution in [-0.2, 0) is 0 Å². The minimum absolute atomic E-state index is 0.259. The molecular weight excluding hydrogens is 184 g/mol. The van der Waals surface area contributed by atoms with Gasteiger partial charge in [0.2, 0.25) is 0 Å². The van der Waals surface area contributed by atoms with Crippen LogP contribution in [0.4, 0.5) is 0 Å². The molecular formula is C13H30N2. The molecule has 0 aromatic carbocycles. The highest BCUT2D eigenvalue weighted by Crippen LogP contribution is 2.10. The van der Waals surface area contributed by atoms with Crippen molar-refractivity contribution in [2.24, 2.45) is 17.6 Å². The maximum absolute atomic E-state index is 6.23. The van der Waals surface area contributed by atoms with Gasteiger partial charge >= 0.3 is 0 Å². The number of hydrogen-bond acceptors (Lipinski definition) is 2. The molecule has 0 radical (unpaired) electrons. The van der Waals surface area contributed by atoms with E-state index in [2.05, 4.69) is 39.5 Å². The monoisotopic (exact) mass is 214 g/mol. The van der Waals surface area contributed by atoms with Crippen molar-refractivity contribution in [1.82, 2.24) is 4.90 Å². The maximum atomic E-state index is 6.23. The molecule has 0 saturated heterocycles. The molecule has 0 aromatic rings. The SMILES string of the molecule is CCCCC(N)N(CC(C)C)CC(C)C. The van der Waals surface area contributed by atoms with Crippen LogP contribution in [0.2, 0.25) is 0 Å². The fourth-order valence-electron chi connectivity index (χ4n) is 1.88. The average Bonchev–Trinajstić information content (AvgIpc) is 2.11. The standard InChI is InChI=1S/C13H30N2/c1-6-7-8-13(14)15(9-11(2)3)10-12(4)5/h11-13H,6-10,14H2,1-5H3. The molecule has 2 N–H and O–H groups in total. The molecule has 0 aliphatic heterocycles. The van der Waals surface area contributed by atoms with E-state index in [1.165, 1.54) is 12.8 Å². The Kier molecular flexibility index (Phi) is 8.07. The van der Waals surface area contributed by atoms with E-state index in [0.29, 0.717) is 11.8 Å². The van der Waals surface area contributed by atoms with Crippen LogP contribution in [0.3, 0.4) is 0 Å². The third kappa shape index (κ3) is 7.80. The molecule has 0 fully saturated rings. The zero-order valence-corrected chi connectivity index (χ0v) is 11.3. The zero-order valence-electron chi connectivity index (χ0n) is 11.3. The molecule has 0 saturated carbocycles. The Morgan fingerprint density at radius 1 is 1.00 bits per heavy atom. The second-order valence-corrected chi connectivity index (χ2v) is 5.45. The van der Waals surface area contributed by atoms with Crippen LogP contribution in [-0.4, -0.2) is 24.2 Å². The first-order chi connectivity index (χ1) is 6.97. The molecule has 1 atom stereocenters. The minimum atomic E-state index is 0.259. The Balaban J connectivity index is 4.07. The molecule has 2 heteroatoms. The molecule has 0 rings (SSSR count). The fraction of sp³-hybridized carbons (Fsp3) is 1.00. The summed E-state index contributed by atoms with van der Waals surface area (Å²) in [5.74, 6) is 1.41. The van der Waals surface area contributed by atoms with Crippen molar-refractivity contribution in [3.05, 3.63) is 0 Å². The van der Waals surface area contributed by atoms with Crippen LogP contribution in [0, 0.1) is 11.8 Å². The van der Waals surface area contributed by atoms with Gasteiger partial charge < -0.3 is 5.73 Å². The normalized spacial score (nSPS) is 14.2. The predicted octanol–water partition coefficient (Wildman–Crippen LogP) is 3.08. The predicted molar refractivity (Wildman–Crippen MR) is 68.7 cm³/mol. The van der Waals surface area contributed by atoms with Crippen molar-refractivity contribution in [3.63, 3.8) is 0 Å². The summed E-state index contributed by atoms with van der Waals surface area (Å²) in [4.78, 5) is 2.45. The summed E-state index contributed by atoms with van der Waals surface area (Å²) in [6.45, 7) is 13.5. The Labute approximate surface area is 96.2 Å². The van der Waals surface area contributed by atoms with Gasteiger partial charge in [-0.15, -0.1) is 0 Å². The lowest BCUT2D eigenvalue weighted by molar-refractivity contribution is 0.150. The van der Waals surface area contributed by atoms with E-state index in [1.54, 1.807) is 0 Å². The van der Waals surface area contributed by atoms with Crippen molar-refractivity contribution < 1.29 is 0 Å². The first-order valence-electron chi connectivity index (χ1n) is 6.47. The molecule has 0 aromatic heterocycles. The van der Waals surface area contributed by atoms with Crippen LogP contribution < -0.4 is 5.73 Å². The summed E-state index contributed by atoms with van der Waals surface area (Å²) in [6, 6.07) is 0. The average molecular weight is 214 g/mol. The number of rotatable bonds is 8. The smallest absolute Gasteiger partial charge is 0.0571 e. The van der Waals surface area contributed by atoms with Gasteiger partial charge in [0.15, 0.2) is 0 Å². The number of nitrogens with zero attached hydrogens (tertiary/aromatic N) is 1. The third-order valence-electron chi connectivity index (χ3n) is 2.52. The van der Waals surface area contributed by atoms with Gasteiger partial charge in [-0.25, -0.2) is 0 Å². The van der Waals surface area contributed by atoms with Crippen molar-refractivity contribution in [2.75, 3.05) is 13.1 Å². The van der Waals surface area contributed by atoms with Crippen molar-refractivity contribution in [3.8, 4) is 0 Å². The Bertz CT molecular complexity index is 133. The van der Waals surface area contributed by atoms with Gasteiger partial charge in [-0.3, -0.25) is 4.90 Å². The molecule has 0 aliphatic carbocycles. The molecule has 0 heterocycles. The summed E-state index contributed by atoms with van der Waals surface area (Å²) in [6.07, 6.45) is 3.88. The second-order valence-electron chi connectivity index (χ2n) is 5.45. The Morgan fingerprint density at radius 3 is 1.80 bits per heavy atom. The molecule has 0 bridgehead atoms. The van der Waals surface area contributed by atoms with Crippen LogP contribution in [0.25, 0.3) is 0 Å². The minimum Gasteiger partial charge on any atom is -0.316 e. The van der Waals surface area contributed by atoms with Crippen LogP contribution >= 0.6 is 0 Å². The van der Waals surface area contributed by atoms with E-state index in [1.807, 2.05) is 0 Å². The van der Waals surface area contributed by atoms with Gasteiger partial charge in [-0.2, -0.15) is 0 Å². The van der Waals surface area contributed by atoms with Gasteiger partial charge in [-0.1, -0.05) is 47.5 Å².